The summed E-state index contributed by atoms with van der Waals surface area (Å²) in [4.78, 5) is 11.3. The third-order valence-corrected chi connectivity index (χ3v) is 4.92. The Bertz CT molecular complexity index is 406. The van der Waals surface area contributed by atoms with Gasteiger partial charge in [-0.2, -0.15) is 0 Å². The Labute approximate surface area is 113 Å². The minimum atomic E-state index is -0.347. The molecule has 1 heterocycles. The molecule has 0 aliphatic rings. The molecule has 0 radical (unpaired) electrons. The Balaban J connectivity index is 2.35. The Kier molecular flexibility index (Phi) is 6.01. The van der Waals surface area contributed by atoms with Crippen LogP contribution in [0.2, 0.25) is 0 Å². The largest absolute Gasteiger partial charge is 0.458 e. The van der Waals surface area contributed by atoms with Gasteiger partial charge in [-0.25, -0.2) is 4.79 Å². The topological polar surface area (TPSA) is 52.1 Å². The number of nitrogens with zero attached hydrogens (tertiary/aromatic N) is 2. The van der Waals surface area contributed by atoms with E-state index in [0.717, 1.165) is 8.68 Å². The normalized spacial score (nSPS) is 12.2. The molecule has 1 unspecified atom stereocenters. The van der Waals surface area contributed by atoms with Crippen LogP contribution in [0.1, 0.15) is 13.8 Å². The number of carbonyl (C=O) groups is 1. The first-order valence-corrected chi connectivity index (χ1v) is 7.92. The van der Waals surface area contributed by atoms with Crippen molar-refractivity contribution >= 4 is 40.8 Å². The van der Waals surface area contributed by atoms with E-state index in [4.69, 9.17) is 4.74 Å². The van der Waals surface area contributed by atoms with Crippen LogP contribution >= 0.6 is 34.9 Å². The molecule has 0 saturated carbocycles. The second-order valence-corrected chi connectivity index (χ2v) is 6.64. The third-order valence-electron chi connectivity index (χ3n) is 1.66. The van der Waals surface area contributed by atoms with E-state index in [1.807, 2.05) is 13.2 Å². The van der Waals surface area contributed by atoms with E-state index in [0.29, 0.717) is 11.3 Å². The minimum absolute atomic E-state index is 0.161. The number of carbonyl (C=O) groups excluding carboxylic acids is 1. The van der Waals surface area contributed by atoms with Crippen molar-refractivity contribution in [1.29, 1.82) is 0 Å². The number of ether oxygens (including phenoxy) is 1. The van der Waals surface area contributed by atoms with Gasteiger partial charge in [0.05, 0.1) is 0 Å². The van der Waals surface area contributed by atoms with Crippen LogP contribution in [0, 0.1) is 0 Å². The van der Waals surface area contributed by atoms with Crippen LogP contribution < -0.4 is 0 Å². The molecule has 7 heteroatoms. The van der Waals surface area contributed by atoms with Gasteiger partial charge in [-0.3, -0.25) is 0 Å². The Morgan fingerprint density at radius 2 is 2.18 bits per heavy atom. The summed E-state index contributed by atoms with van der Waals surface area (Å²) in [5, 5.41) is 8.02. The molecular weight excluding hydrogens is 276 g/mol. The van der Waals surface area contributed by atoms with Crippen LogP contribution in [0.25, 0.3) is 0 Å². The first kappa shape index (κ1) is 14.5. The number of rotatable bonds is 6. The highest BCUT2D eigenvalue weighted by Crippen LogP contribution is 2.27. The van der Waals surface area contributed by atoms with E-state index < -0.39 is 0 Å². The van der Waals surface area contributed by atoms with Gasteiger partial charge in [-0.05, 0) is 20.1 Å². The van der Waals surface area contributed by atoms with Gasteiger partial charge in [-0.1, -0.05) is 41.4 Å². The monoisotopic (exact) mass is 290 g/mol. The van der Waals surface area contributed by atoms with E-state index in [1.54, 1.807) is 41.8 Å². The molecule has 1 rings (SSSR count). The zero-order valence-electron chi connectivity index (χ0n) is 9.93. The Morgan fingerprint density at radius 1 is 1.53 bits per heavy atom. The van der Waals surface area contributed by atoms with Crippen LogP contribution in [0.4, 0.5) is 0 Å². The van der Waals surface area contributed by atoms with Crippen molar-refractivity contribution in [2.75, 3.05) is 12.0 Å². The van der Waals surface area contributed by atoms with Crippen LogP contribution in [0.15, 0.2) is 20.8 Å². The lowest BCUT2D eigenvalue weighted by Gasteiger charge is -2.11. The number of hydrogen-bond acceptors (Lipinski definition) is 7. The molecule has 0 aromatic carbocycles. The van der Waals surface area contributed by atoms with E-state index in [1.165, 1.54) is 0 Å². The van der Waals surface area contributed by atoms with Crippen molar-refractivity contribution in [2.24, 2.45) is 0 Å². The third kappa shape index (κ3) is 5.10. The molecule has 1 aromatic heterocycles. The van der Waals surface area contributed by atoms with Gasteiger partial charge >= 0.3 is 5.97 Å². The Hall–Kier alpha value is -0.530. The summed E-state index contributed by atoms with van der Waals surface area (Å²) in [5.74, 6) is 0.322. The average molecular weight is 290 g/mol. The molecule has 0 aliphatic carbocycles. The molecule has 4 nitrogen and oxygen atoms in total. The predicted octanol–water partition coefficient (Wildman–Crippen LogP) is 2.86. The molecular formula is C10H14N2O2S3. The van der Waals surface area contributed by atoms with Gasteiger partial charge in [-0.15, -0.1) is 10.2 Å². The molecule has 0 aliphatic heterocycles. The van der Waals surface area contributed by atoms with Crippen molar-refractivity contribution in [2.45, 2.75) is 28.6 Å². The zero-order chi connectivity index (χ0) is 12.8. The first-order valence-electron chi connectivity index (χ1n) is 4.89. The summed E-state index contributed by atoms with van der Waals surface area (Å²) in [6.07, 6.45) is 1.80. The highest BCUT2D eigenvalue weighted by atomic mass is 32.2. The molecule has 0 saturated heterocycles. The number of hydrogen-bond donors (Lipinski definition) is 0. The summed E-state index contributed by atoms with van der Waals surface area (Å²) >= 11 is 4.66. The summed E-state index contributed by atoms with van der Waals surface area (Å²) < 4.78 is 7.00. The fraction of sp³-hybridized carbons (Fsp3) is 0.500. The lowest BCUT2D eigenvalue weighted by molar-refractivity contribution is -0.142. The van der Waals surface area contributed by atoms with Crippen LogP contribution in [0.3, 0.4) is 0 Å². The zero-order valence-corrected chi connectivity index (χ0v) is 12.4. The first-order chi connectivity index (χ1) is 8.02. The molecule has 0 amide bonds. The van der Waals surface area contributed by atoms with E-state index in [-0.39, 0.29) is 12.1 Å². The van der Waals surface area contributed by atoms with Gasteiger partial charge < -0.3 is 4.74 Å². The molecule has 0 fully saturated rings. The average Bonchev–Trinajstić information content (AvgIpc) is 2.74. The van der Waals surface area contributed by atoms with E-state index >= 15 is 0 Å². The van der Waals surface area contributed by atoms with Crippen molar-refractivity contribution in [1.82, 2.24) is 10.2 Å². The second kappa shape index (κ2) is 7.03. The van der Waals surface area contributed by atoms with Crippen molar-refractivity contribution in [3.05, 3.63) is 12.2 Å². The van der Waals surface area contributed by atoms with Crippen molar-refractivity contribution in [3.63, 3.8) is 0 Å². The lowest BCUT2D eigenvalue weighted by Crippen LogP contribution is -2.17. The smallest absolute Gasteiger partial charge is 0.333 e. The fourth-order valence-corrected chi connectivity index (χ4v) is 3.23. The molecule has 94 valence electrons. The Morgan fingerprint density at radius 3 is 2.71 bits per heavy atom. The number of esters is 1. The summed E-state index contributed by atoms with van der Waals surface area (Å²) in [6, 6.07) is 0. The minimum Gasteiger partial charge on any atom is -0.458 e. The van der Waals surface area contributed by atoms with Gasteiger partial charge in [0.2, 0.25) is 0 Å². The van der Waals surface area contributed by atoms with Gasteiger partial charge in [0, 0.05) is 11.3 Å². The van der Waals surface area contributed by atoms with Crippen LogP contribution in [0.5, 0.6) is 0 Å². The molecule has 0 spiro atoms. The van der Waals surface area contributed by atoms with Gasteiger partial charge in [0.1, 0.15) is 6.10 Å². The van der Waals surface area contributed by atoms with Crippen LogP contribution in [-0.4, -0.2) is 34.3 Å². The van der Waals surface area contributed by atoms with E-state index in [9.17, 15) is 4.79 Å². The maximum atomic E-state index is 11.3. The van der Waals surface area contributed by atoms with Crippen molar-refractivity contribution in [3.8, 4) is 0 Å². The summed E-state index contributed by atoms with van der Waals surface area (Å²) in [6.45, 7) is 7.02. The molecule has 1 aromatic rings. The van der Waals surface area contributed by atoms with Gasteiger partial charge in [0.25, 0.3) is 0 Å². The van der Waals surface area contributed by atoms with Crippen LogP contribution in [-0.2, 0) is 9.53 Å². The quantitative estimate of drug-likeness (QED) is 0.456. The maximum Gasteiger partial charge on any atom is 0.333 e. The predicted molar refractivity (Wildman–Crippen MR) is 72.8 cm³/mol. The van der Waals surface area contributed by atoms with Gasteiger partial charge in [0.15, 0.2) is 8.68 Å². The van der Waals surface area contributed by atoms with Crippen molar-refractivity contribution < 1.29 is 9.53 Å². The van der Waals surface area contributed by atoms with E-state index in [2.05, 4.69) is 16.8 Å². The highest BCUT2D eigenvalue weighted by Gasteiger charge is 2.12. The lowest BCUT2D eigenvalue weighted by atomic mass is 10.3. The summed E-state index contributed by atoms with van der Waals surface area (Å²) in [7, 11) is 0. The molecule has 17 heavy (non-hydrogen) atoms. The molecule has 0 N–H and O–H groups in total. The fourth-order valence-electron chi connectivity index (χ4n) is 0.844. The maximum absolute atomic E-state index is 11.3. The second-order valence-electron chi connectivity index (χ2n) is 3.35. The molecule has 0 bridgehead atoms. The number of aromatic nitrogens is 2. The molecule has 1 atom stereocenters. The standard InChI is InChI=1S/C10H14N2O2S3/c1-6(2)8(13)14-7(3)5-16-10-12-11-9(15-4)17-10/h7H,1,5H2,2-4H3. The number of thioether (sulfide) groups is 2. The summed E-state index contributed by atoms with van der Waals surface area (Å²) in [5.41, 5.74) is 0.419. The SMILES string of the molecule is C=C(C)C(=O)OC(C)CSc1nnc(SC)s1. The highest BCUT2D eigenvalue weighted by molar-refractivity contribution is 8.02.